The van der Waals surface area contributed by atoms with Gasteiger partial charge in [-0.05, 0) is 58.1 Å². The number of carbonyl (C=O) groups is 3. The second kappa shape index (κ2) is 13.0. The van der Waals surface area contributed by atoms with Crippen molar-refractivity contribution in [3.63, 3.8) is 0 Å². The molecule has 0 radical (unpaired) electrons. The van der Waals surface area contributed by atoms with Crippen LogP contribution in [0.1, 0.15) is 77.1 Å². The molecule has 2 unspecified atom stereocenters. The number of unbranched alkanes of at least 4 members (excludes halogenated alkanes) is 1. The summed E-state index contributed by atoms with van der Waals surface area (Å²) in [7, 11) is 0. The minimum absolute atomic E-state index is 0.302. The zero-order valence-corrected chi connectivity index (χ0v) is 21.8. The van der Waals surface area contributed by atoms with Gasteiger partial charge in [0.2, 0.25) is 11.8 Å². The maximum atomic E-state index is 13.7. The summed E-state index contributed by atoms with van der Waals surface area (Å²) in [5.74, 6) is -1.18. The Bertz CT molecular complexity index is 899. The van der Waals surface area contributed by atoms with Crippen LogP contribution in [0.25, 0.3) is 0 Å². The lowest BCUT2D eigenvalue weighted by Gasteiger charge is -2.34. The summed E-state index contributed by atoms with van der Waals surface area (Å²) in [6, 6.07) is 5.67. The third-order valence-corrected chi connectivity index (χ3v) is 5.24. The number of hydrogen-bond donors (Lipinski definition) is 2. The third-order valence-electron chi connectivity index (χ3n) is 5.24. The topological polar surface area (TPSA) is 112 Å². The molecule has 0 spiro atoms. The van der Waals surface area contributed by atoms with E-state index in [0.29, 0.717) is 12.1 Å². The van der Waals surface area contributed by atoms with Crippen molar-refractivity contribution < 1.29 is 19.1 Å². The fourth-order valence-corrected chi connectivity index (χ4v) is 3.57. The lowest BCUT2D eigenvalue weighted by atomic mass is 9.95. The number of ether oxygens (including phenoxy) is 1. The van der Waals surface area contributed by atoms with Crippen LogP contribution < -0.4 is 10.6 Å². The van der Waals surface area contributed by atoms with Gasteiger partial charge in [0.05, 0.1) is 6.07 Å². The van der Waals surface area contributed by atoms with Crippen molar-refractivity contribution in [2.24, 2.45) is 5.92 Å². The predicted molar refractivity (Wildman–Crippen MR) is 132 cm³/mol. The number of carbonyl (C=O) groups excluding carboxylic acids is 3. The van der Waals surface area contributed by atoms with E-state index in [0.717, 1.165) is 24.0 Å². The molecule has 0 aliphatic rings. The standard InChI is InChI=1S/C26H40N4O4/c1-9-10-14-28-23(31)22(20-12-11-18(4)16-19(20)5)30(15-13-27)24(32)21(17(2)3)29-25(33)34-26(6,7)8/h11-12,16-17,21-22H,9-10,14-15H2,1-8H3,(H,28,31)(H,29,33). The van der Waals surface area contributed by atoms with E-state index in [1.54, 1.807) is 34.6 Å². The van der Waals surface area contributed by atoms with E-state index in [-0.39, 0.29) is 18.4 Å². The first-order valence-electron chi connectivity index (χ1n) is 11.8. The van der Waals surface area contributed by atoms with Crippen LogP contribution in [0.5, 0.6) is 0 Å². The fourth-order valence-electron chi connectivity index (χ4n) is 3.57. The molecule has 1 aromatic rings. The smallest absolute Gasteiger partial charge is 0.408 e. The summed E-state index contributed by atoms with van der Waals surface area (Å²) >= 11 is 0. The monoisotopic (exact) mass is 472 g/mol. The normalized spacial score (nSPS) is 12.9. The Morgan fingerprint density at radius 3 is 2.32 bits per heavy atom. The lowest BCUT2D eigenvalue weighted by Crippen LogP contribution is -2.55. The van der Waals surface area contributed by atoms with E-state index in [2.05, 4.69) is 10.6 Å². The summed E-state index contributed by atoms with van der Waals surface area (Å²) in [6.45, 7) is 14.8. The summed E-state index contributed by atoms with van der Waals surface area (Å²) in [6.07, 6.45) is 0.976. The molecule has 8 nitrogen and oxygen atoms in total. The van der Waals surface area contributed by atoms with Crippen molar-refractivity contribution in [3.05, 3.63) is 34.9 Å². The first kappa shape index (κ1) is 29.0. The van der Waals surface area contributed by atoms with E-state index in [1.807, 2.05) is 45.0 Å². The number of benzene rings is 1. The zero-order valence-electron chi connectivity index (χ0n) is 21.8. The van der Waals surface area contributed by atoms with Crippen LogP contribution in [-0.2, 0) is 14.3 Å². The maximum absolute atomic E-state index is 13.7. The predicted octanol–water partition coefficient (Wildman–Crippen LogP) is 4.16. The first-order valence-corrected chi connectivity index (χ1v) is 11.8. The number of nitrogens with zero attached hydrogens (tertiary/aromatic N) is 2. The van der Waals surface area contributed by atoms with Crippen LogP contribution in [-0.4, -0.2) is 47.5 Å². The summed E-state index contributed by atoms with van der Waals surface area (Å²) in [4.78, 5) is 40.8. The number of amides is 3. The van der Waals surface area contributed by atoms with Gasteiger partial charge in [0.15, 0.2) is 0 Å². The lowest BCUT2D eigenvalue weighted by molar-refractivity contribution is -0.142. The highest BCUT2D eigenvalue weighted by atomic mass is 16.6. The van der Waals surface area contributed by atoms with Crippen LogP contribution in [0.2, 0.25) is 0 Å². The summed E-state index contributed by atoms with van der Waals surface area (Å²) in [5, 5.41) is 15.1. The molecule has 0 bridgehead atoms. The Morgan fingerprint density at radius 1 is 1.18 bits per heavy atom. The van der Waals surface area contributed by atoms with Crippen molar-refractivity contribution in [1.29, 1.82) is 5.26 Å². The molecule has 2 N–H and O–H groups in total. The number of aryl methyl sites for hydroxylation is 2. The van der Waals surface area contributed by atoms with Gasteiger partial charge in [0.1, 0.15) is 24.2 Å². The van der Waals surface area contributed by atoms with Crippen molar-refractivity contribution in [1.82, 2.24) is 15.5 Å². The molecule has 0 heterocycles. The Morgan fingerprint density at radius 2 is 1.82 bits per heavy atom. The maximum Gasteiger partial charge on any atom is 0.408 e. The Labute approximate surface area is 204 Å². The first-order chi connectivity index (χ1) is 15.8. The van der Waals surface area contributed by atoms with Gasteiger partial charge in [-0.3, -0.25) is 9.59 Å². The number of nitriles is 1. The highest BCUT2D eigenvalue weighted by Crippen LogP contribution is 2.27. The Hall–Kier alpha value is -3.08. The highest BCUT2D eigenvalue weighted by Gasteiger charge is 2.38. The number of nitrogens with one attached hydrogen (secondary N) is 2. The van der Waals surface area contributed by atoms with Crippen molar-refractivity contribution in [3.8, 4) is 6.07 Å². The molecule has 8 heteroatoms. The fraction of sp³-hybridized carbons (Fsp3) is 0.615. The van der Waals surface area contributed by atoms with Gasteiger partial charge in [0, 0.05) is 6.54 Å². The number of alkyl carbamates (subject to hydrolysis) is 1. The molecule has 2 atom stereocenters. The SMILES string of the molecule is CCCCNC(=O)C(c1ccc(C)cc1C)N(CC#N)C(=O)C(NC(=O)OC(C)(C)C)C(C)C. The van der Waals surface area contributed by atoms with E-state index in [4.69, 9.17) is 4.74 Å². The molecular weight excluding hydrogens is 432 g/mol. The number of hydrogen-bond acceptors (Lipinski definition) is 5. The van der Waals surface area contributed by atoms with Gasteiger partial charge < -0.3 is 20.3 Å². The molecule has 0 saturated carbocycles. The summed E-state index contributed by atoms with van der Waals surface area (Å²) in [5.41, 5.74) is 1.77. The molecule has 34 heavy (non-hydrogen) atoms. The average molecular weight is 473 g/mol. The third kappa shape index (κ3) is 8.69. The van der Waals surface area contributed by atoms with Gasteiger partial charge >= 0.3 is 6.09 Å². The molecular formula is C26H40N4O4. The molecule has 1 rings (SSSR count). The van der Waals surface area contributed by atoms with Gasteiger partial charge in [-0.15, -0.1) is 0 Å². The van der Waals surface area contributed by atoms with Crippen LogP contribution >= 0.6 is 0 Å². The largest absolute Gasteiger partial charge is 0.444 e. The molecule has 0 aliphatic heterocycles. The minimum Gasteiger partial charge on any atom is -0.444 e. The Balaban J connectivity index is 3.43. The molecule has 3 amide bonds. The molecule has 0 aromatic heterocycles. The van der Waals surface area contributed by atoms with Gasteiger partial charge in [-0.25, -0.2) is 4.79 Å². The van der Waals surface area contributed by atoms with Crippen molar-refractivity contribution in [2.45, 2.75) is 85.9 Å². The van der Waals surface area contributed by atoms with Crippen molar-refractivity contribution >= 4 is 17.9 Å². The van der Waals surface area contributed by atoms with Crippen molar-refractivity contribution in [2.75, 3.05) is 13.1 Å². The van der Waals surface area contributed by atoms with E-state index in [1.165, 1.54) is 4.90 Å². The zero-order chi connectivity index (χ0) is 26.1. The van der Waals surface area contributed by atoms with Crippen LogP contribution in [0.4, 0.5) is 4.79 Å². The quantitative estimate of drug-likeness (QED) is 0.392. The van der Waals surface area contributed by atoms with Crippen LogP contribution in [0.3, 0.4) is 0 Å². The molecule has 0 saturated heterocycles. The molecule has 0 aliphatic carbocycles. The Kier molecular flexibility index (Phi) is 11.0. The molecule has 188 valence electrons. The van der Waals surface area contributed by atoms with E-state index < -0.39 is 29.7 Å². The molecule has 1 aromatic carbocycles. The molecule has 0 fully saturated rings. The van der Waals surface area contributed by atoms with Gasteiger partial charge in [-0.1, -0.05) is 51.0 Å². The van der Waals surface area contributed by atoms with Gasteiger partial charge in [-0.2, -0.15) is 5.26 Å². The number of rotatable bonds is 10. The minimum atomic E-state index is -1.01. The summed E-state index contributed by atoms with van der Waals surface area (Å²) < 4.78 is 5.33. The van der Waals surface area contributed by atoms with Crippen LogP contribution in [0, 0.1) is 31.1 Å². The van der Waals surface area contributed by atoms with Crippen LogP contribution in [0.15, 0.2) is 18.2 Å². The highest BCUT2D eigenvalue weighted by molar-refractivity contribution is 5.92. The second-order valence-corrected chi connectivity index (χ2v) is 9.90. The average Bonchev–Trinajstić information content (AvgIpc) is 2.71. The van der Waals surface area contributed by atoms with Gasteiger partial charge in [0.25, 0.3) is 0 Å². The van der Waals surface area contributed by atoms with E-state index >= 15 is 0 Å². The second-order valence-electron chi connectivity index (χ2n) is 9.90. The van der Waals surface area contributed by atoms with E-state index in [9.17, 15) is 19.6 Å².